The van der Waals surface area contributed by atoms with Crippen molar-refractivity contribution < 1.29 is 9.00 Å². The summed E-state index contributed by atoms with van der Waals surface area (Å²) >= 11 is 7.12. The van der Waals surface area contributed by atoms with E-state index < -0.39 is 10.8 Å². The Kier molecular flexibility index (Phi) is 4.22. The molecule has 17 heavy (non-hydrogen) atoms. The van der Waals surface area contributed by atoms with Crippen LogP contribution in [0.25, 0.3) is 0 Å². The lowest BCUT2D eigenvalue weighted by atomic mass is 10.1. The highest BCUT2D eigenvalue weighted by Gasteiger charge is 2.25. The van der Waals surface area contributed by atoms with Crippen molar-refractivity contribution in [1.82, 2.24) is 4.90 Å². The van der Waals surface area contributed by atoms with Gasteiger partial charge in [0.15, 0.2) is 0 Å². The lowest BCUT2D eigenvalue weighted by molar-refractivity contribution is 0.0727. The van der Waals surface area contributed by atoms with Gasteiger partial charge in [0.25, 0.3) is 5.91 Å². The van der Waals surface area contributed by atoms with Crippen LogP contribution >= 0.6 is 22.9 Å². The molecule has 6 heteroatoms. The smallest absolute Gasteiger partial charge is 0.263 e. The molecule has 0 bridgehead atoms. The van der Waals surface area contributed by atoms with Gasteiger partial charge in [-0.1, -0.05) is 11.6 Å². The molecule has 0 aliphatic carbocycles. The van der Waals surface area contributed by atoms with E-state index in [4.69, 9.17) is 11.6 Å². The van der Waals surface area contributed by atoms with Crippen LogP contribution in [0.5, 0.6) is 0 Å². The predicted octanol–water partition coefficient (Wildman–Crippen LogP) is 2.38. The average molecular weight is 292 g/mol. The second kappa shape index (κ2) is 5.50. The minimum absolute atomic E-state index is 0.0135. The molecule has 1 aromatic heterocycles. The maximum Gasteiger partial charge on any atom is 0.263 e. The van der Waals surface area contributed by atoms with Gasteiger partial charge in [-0.3, -0.25) is 9.00 Å². The lowest BCUT2D eigenvalue weighted by Gasteiger charge is -2.30. The molecule has 3 nitrogen and oxygen atoms in total. The second-order valence-electron chi connectivity index (χ2n) is 4.10. The monoisotopic (exact) mass is 291 g/mol. The first kappa shape index (κ1) is 13.1. The van der Waals surface area contributed by atoms with E-state index in [0.29, 0.717) is 20.7 Å². The van der Waals surface area contributed by atoms with E-state index >= 15 is 0 Å². The highest BCUT2D eigenvalue weighted by atomic mass is 35.5. The summed E-state index contributed by atoms with van der Waals surface area (Å²) in [6, 6.07) is 3.71. The molecular weight excluding hydrogens is 278 g/mol. The van der Waals surface area contributed by atoms with Gasteiger partial charge in [-0.05, 0) is 25.0 Å². The van der Waals surface area contributed by atoms with Gasteiger partial charge in [0.1, 0.15) is 0 Å². The van der Waals surface area contributed by atoms with Crippen LogP contribution in [0.1, 0.15) is 22.5 Å². The maximum absolute atomic E-state index is 12.1. The van der Waals surface area contributed by atoms with Crippen LogP contribution in [0.4, 0.5) is 0 Å². The lowest BCUT2D eigenvalue weighted by Crippen LogP contribution is -2.40. The third-order valence-electron chi connectivity index (χ3n) is 3.01. The summed E-state index contributed by atoms with van der Waals surface area (Å²) in [6.07, 6.45) is 1.65. The van der Waals surface area contributed by atoms with Crippen LogP contribution in [-0.2, 0) is 10.8 Å². The number of hydrogen-bond acceptors (Lipinski definition) is 3. The van der Waals surface area contributed by atoms with Crippen LogP contribution in [0, 0.1) is 0 Å². The highest BCUT2D eigenvalue weighted by molar-refractivity contribution is 7.85. The van der Waals surface area contributed by atoms with Crippen LogP contribution in [0.15, 0.2) is 12.1 Å². The number of rotatable bonds is 2. The van der Waals surface area contributed by atoms with Crippen molar-refractivity contribution in [2.75, 3.05) is 18.6 Å². The fourth-order valence-corrected chi connectivity index (χ4v) is 4.24. The van der Waals surface area contributed by atoms with Gasteiger partial charge in [0, 0.05) is 35.4 Å². The third kappa shape index (κ3) is 3.09. The molecule has 1 aromatic rings. The second-order valence-corrected chi connectivity index (χ2v) is 7.51. The van der Waals surface area contributed by atoms with Crippen molar-refractivity contribution in [3.8, 4) is 0 Å². The standard InChI is InChI=1S/C11H14ClNO2S2/c1-13(8-4-6-17(15)7-5-8)11(14)9-2-3-10(12)16-9/h2-3,8H,4-7H2,1H3. The van der Waals surface area contributed by atoms with Crippen LogP contribution in [0.2, 0.25) is 4.34 Å². The number of carbonyl (C=O) groups is 1. The SMILES string of the molecule is CN(C(=O)c1ccc(Cl)s1)C1CCS(=O)CC1. The molecule has 2 rings (SSSR count). The van der Waals surface area contributed by atoms with Gasteiger partial charge >= 0.3 is 0 Å². The Balaban J connectivity index is 2.02. The third-order valence-corrected chi connectivity index (χ3v) is 5.61. The molecule has 0 atom stereocenters. The molecule has 1 amide bonds. The first-order valence-corrected chi connectivity index (χ1v) is 8.13. The Morgan fingerprint density at radius 1 is 1.47 bits per heavy atom. The summed E-state index contributed by atoms with van der Waals surface area (Å²) in [5.74, 6) is 1.42. The Bertz CT molecular complexity index is 436. The molecule has 0 radical (unpaired) electrons. The zero-order valence-corrected chi connectivity index (χ0v) is 11.9. The van der Waals surface area contributed by atoms with Crippen molar-refractivity contribution in [2.45, 2.75) is 18.9 Å². The van der Waals surface area contributed by atoms with Gasteiger partial charge in [-0.15, -0.1) is 11.3 Å². The molecule has 1 aliphatic rings. The topological polar surface area (TPSA) is 37.4 Å². The van der Waals surface area contributed by atoms with Crippen LogP contribution in [-0.4, -0.2) is 39.6 Å². The summed E-state index contributed by atoms with van der Waals surface area (Å²) in [5, 5.41) is 0. The zero-order chi connectivity index (χ0) is 12.4. The van der Waals surface area contributed by atoms with Crippen molar-refractivity contribution in [1.29, 1.82) is 0 Å². The first-order valence-electron chi connectivity index (χ1n) is 5.45. The minimum atomic E-state index is -0.688. The Labute approximate surface area is 112 Å². The number of halogens is 1. The molecule has 2 heterocycles. The van der Waals surface area contributed by atoms with E-state index in [2.05, 4.69) is 0 Å². The Hall–Kier alpha value is -0.390. The van der Waals surface area contributed by atoms with Crippen LogP contribution in [0.3, 0.4) is 0 Å². The molecule has 0 unspecified atom stereocenters. The van der Waals surface area contributed by atoms with Gasteiger partial charge in [-0.25, -0.2) is 0 Å². The van der Waals surface area contributed by atoms with E-state index in [1.165, 1.54) is 11.3 Å². The van der Waals surface area contributed by atoms with E-state index in [-0.39, 0.29) is 11.9 Å². The largest absolute Gasteiger partial charge is 0.338 e. The number of amides is 1. The summed E-state index contributed by atoms with van der Waals surface area (Å²) in [4.78, 5) is 14.6. The van der Waals surface area contributed by atoms with Gasteiger partial charge < -0.3 is 4.90 Å². The minimum Gasteiger partial charge on any atom is -0.338 e. The molecule has 1 aliphatic heterocycles. The summed E-state index contributed by atoms with van der Waals surface area (Å²) < 4.78 is 11.9. The molecule has 0 saturated carbocycles. The van der Waals surface area contributed by atoms with Gasteiger partial charge in [0.05, 0.1) is 9.21 Å². The van der Waals surface area contributed by atoms with Crippen molar-refractivity contribution in [3.63, 3.8) is 0 Å². The number of hydrogen-bond donors (Lipinski definition) is 0. The molecule has 94 valence electrons. The predicted molar refractivity (Wildman–Crippen MR) is 72.3 cm³/mol. The fourth-order valence-electron chi connectivity index (χ4n) is 1.94. The Morgan fingerprint density at radius 3 is 2.65 bits per heavy atom. The average Bonchev–Trinajstić information content (AvgIpc) is 2.75. The maximum atomic E-state index is 12.1. The highest BCUT2D eigenvalue weighted by Crippen LogP contribution is 2.24. The van der Waals surface area contributed by atoms with E-state index in [0.717, 1.165) is 12.8 Å². The van der Waals surface area contributed by atoms with Crippen molar-refractivity contribution in [2.24, 2.45) is 0 Å². The number of thiophene rings is 1. The van der Waals surface area contributed by atoms with Gasteiger partial charge in [0.2, 0.25) is 0 Å². The molecule has 0 spiro atoms. The van der Waals surface area contributed by atoms with E-state index in [1.54, 1.807) is 17.0 Å². The molecule has 1 fully saturated rings. The summed E-state index contributed by atoms with van der Waals surface area (Å²) in [6.45, 7) is 0. The molecule has 1 saturated heterocycles. The van der Waals surface area contributed by atoms with Crippen LogP contribution < -0.4 is 0 Å². The fraction of sp³-hybridized carbons (Fsp3) is 0.545. The van der Waals surface area contributed by atoms with Crippen molar-refractivity contribution in [3.05, 3.63) is 21.3 Å². The summed E-state index contributed by atoms with van der Waals surface area (Å²) in [5.41, 5.74) is 0. The molecular formula is C11H14ClNO2S2. The number of nitrogens with zero attached hydrogens (tertiary/aromatic N) is 1. The van der Waals surface area contributed by atoms with E-state index in [9.17, 15) is 9.00 Å². The van der Waals surface area contributed by atoms with Crippen molar-refractivity contribution >= 4 is 39.6 Å². The summed E-state index contributed by atoms with van der Waals surface area (Å²) in [7, 11) is 1.13. The van der Waals surface area contributed by atoms with Gasteiger partial charge in [-0.2, -0.15) is 0 Å². The normalized spacial score (nSPS) is 24.6. The molecule has 0 N–H and O–H groups in total. The number of carbonyl (C=O) groups excluding carboxylic acids is 1. The Morgan fingerprint density at radius 2 is 2.12 bits per heavy atom. The van der Waals surface area contributed by atoms with E-state index in [1.807, 2.05) is 7.05 Å². The quantitative estimate of drug-likeness (QED) is 0.839. The molecule has 0 aromatic carbocycles. The zero-order valence-electron chi connectivity index (χ0n) is 9.52. The first-order chi connectivity index (χ1) is 8.08.